The molecule has 0 saturated carbocycles. The van der Waals surface area contributed by atoms with Crippen LogP contribution in [-0.2, 0) is 16.3 Å². The molecule has 0 aliphatic carbocycles. The van der Waals surface area contributed by atoms with Crippen LogP contribution in [0.5, 0.6) is 0 Å². The van der Waals surface area contributed by atoms with E-state index in [1.165, 1.54) is 77.0 Å². The summed E-state index contributed by atoms with van der Waals surface area (Å²) in [7, 11) is 25.0. The first-order valence-corrected chi connectivity index (χ1v) is 33.3. The SMILES string of the molecule is CCCC[S](CCCC)=[Rh]([Cl])([Cl])([Cl])([Rh])(=[S](CCCC)CCCC)=[S](CCCC)CCCC. The summed E-state index contributed by atoms with van der Waals surface area (Å²) < 4.78 is -5.40. The Balaban J connectivity index is 8.30. The molecule has 0 amide bonds. The standard InChI is InChI=1S/3C8H18S.3ClH.2Rh/c3*1-3-5-7-9-8-6-4-2;;;;;/h3*3-8H2,1-2H3;3*1H;;/q;;;;;;;+3/p-3. The summed E-state index contributed by atoms with van der Waals surface area (Å²) in [6.07, 6.45) is 14.2. The molecule has 0 saturated heterocycles. The van der Waals surface area contributed by atoms with Crippen LogP contribution in [-0.4, -0.2) is 34.5 Å². The molecule has 0 fully saturated rings. The Hall–Kier alpha value is 3.17. The predicted molar refractivity (Wildman–Crippen MR) is 159 cm³/mol. The third-order valence-corrected chi connectivity index (χ3v) is 94.7. The molecule has 0 N–H and O–H groups in total. The van der Waals surface area contributed by atoms with Gasteiger partial charge in [-0.15, -0.1) is 0 Å². The van der Waals surface area contributed by atoms with Crippen molar-refractivity contribution in [3.8, 4) is 0 Å². The second-order valence-electron chi connectivity index (χ2n) is 8.57. The quantitative estimate of drug-likeness (QED) is 0.122. The third kappa shape index (κ3) is 8.60. The van der Waals surface area contributed by atoms with Gasteiger partial charge in [-0.25, -0.2) is 0 Å². The minimum absolute atomic E-state index is 0.163. The van der Waals surface area contributed by atoms with Crippen LogP contribution in [0.3, 0.4) is 0 Å². The molecule has 8 heteroatoms. The van der Waals surface area contributed by atoms with Crippen molar-refractivity contribution in [2.24, 2.45) is 0 Å². The van der Waals surface area contributed by atoms with Crippen molar-refractivity contribution in [3.05, 3.63) is 0 Å². The van der Waals surface area contributed by atoms with E-state index in [2.05, 4.69) is 57.3 Å². The van der Waals surface area contributed by atoms with E-state index in [-0.39, 0.29) is 25.1 Å². The van der Waals surface area contributed by atoms with Gasteiger partial charge in [-0.1, -0.05) is 0 Å². The Labute approximate surface area is 221 Å². The van der Waals surface area contributed by atoms with Gasteiger partial charge in [-0.05, 0) is 0 Å². The Bertz CT molecular complexity index is 751. The van der Waals surface area contributed by atoms with Gasteiger partial charge in [0.25, 0.3) is 0 Å². The van der Waals surface area contributed by atoms with Crippen molar-refractivity contribution in [1.29, 1.82) is 0 Å². The zero-order valence-corrected chi connectivity index (χ0v) is 29.7. The normalized spacial score (nSPS) is 16.4. The number of hydrogen-bond donors (Lipinski definition) is 0. The first kappa shape index (κ1) is 35.2. The van der Waals surface area contributed by atoms with Gasteiger partial charge in [0.05, 0.1) is 0 Å². The molecule has 0 heterocycles. The molecule has 0 aliphatic rings. The second-order valence-corrected chi connectivity index (χ2v) is 89.5. The van der Waals surface area contributed by atoms with Crippen molar-refractivity contribution in [2.75, 3.05) is 34.5 Å². The van der Waals surface area contributed by atoms with E-state index in [1.807, 2.05) is 0 Å². The molecule has 0 spiro atoms. The molecule has 0 aromatic carbocycles. The summed E-state index contributed by atoms with van der Waals surface area (Å²) in [5.41, 5.74) is 0. The van der Waals surface area contributed by atoms with Gasteiger partial charge in [0.15, 0.2) is 0 Å². The molecular formula is C24H54Cl3Rh2S3. The number of unbranched alkanes of at least 4 members (excludes halogenated alkanes) is 6. The molecule has 0 bridgehead atoms. The van der Waals surface area contributed by atoms with Gasteiger partial charge in [0.2, 0.25) is 0 Å². The molecule has 0 aliphatic heterocycles. The topological polar surface area (TPSA) is 0 Å². The fraction of sp³-hybridized carbons (Fsp3) is 1.00. The van der Waals surface area contributed by atoms with E-state index < -0.39 is 0.533 Å². The van der Waals surface area contributed by atoms with E-state index in [0.717, 1.165) is 34.5 Å². The van der Waals surface area contributed by atoms with Gasteiger partial charge in [-0.2, -0.15) is 0 Å². The average Bonchev–Trinajstić information content (AvgIpc) is 2.73. The van der Waals surface area contributed by atoms with Crippen molar-refractivity contribution in [3.63, 3.8) is 0 Å². The summed E-state index contributed by atoms with van der Waals surface area (Å²) in [6, 6.07) is 0. The van der Waals surface area contributed by atoms with Gasteiger partial charge in [0, 0.05) is 0 Å². The Morgan fingerprint density at radius 3 is 0.719 bits per heavy atom. The molecule has 0 unspecified atom stereocenters. The van der Waals surface area contributed by atoms with E-state index in [0.29, 0.717) is 0 Å². The fourth-order valence-corrected chi connectivity index (χ4v) is 84.9. The van der Waals surface area contributed by atoms with Crippen LogP contribution < -0.4 is 0 Å². The molecule has 32 heavy (non-hydrogen) atoms. The molecule has 0 radical (unpaired) electrons. The minimum atomic E-state index is -5.40. The van der Waals surface area contributed by atoms with E-state index in [1.54, 1.807) is 0 Å². The van der Waals surface area contributed by atoms with E-state index in [9.17, 15) is 0 Å². The Morgan fingerprint density at radius 1 is 0.438 bits per heavy atom. The zero-order valence-electron chi connectivity index (χ0n) is 21.8. The molecule has 0 nitrogen and oxygen atoms in total. The van der Waals surface area contributed by atoms with Crippen LogP contribution in [0, 0.1) is 0 Å². The van der Waals surface area contributed by atoms with Gasteiger partial charge in [0.1, 0.15) is 0 Å². The van der Waals surface area contributed by atoms with Crippen LogP contribution >= 0.6 is 54.2 Å². The van der Waals surface area contributed by atoms with Crippen LogP contribution in [0.15, 0.2) is 0 Å². The molecule has 0 aromatic heterocycles. The van der Waals surface area contributed by atoms with Crippen LogP contribution in [0.1, 0.15) is 119 Å². The second kappa shape index (κ2) is 14.4. The maximum atomic E-state index is 8.50. The summed E-state index contributed by atoms with van der Waals surface area (Å²) in [5.74, 6) is 6.64. The molecule has 0 rings (SSSR count). The van der Waals surface area contributed by atoms with Crippen LogP contribution in [0.25, 0.3) is 0 Å². The summed E-state index contributed by atoms with van der Waals surface area (Å²) >= 11 is 3.60. The summed E-state index contributed by atoms with van der Waals surface area (Å²) in [6.45, 7) is 13.7. The van der Waals surface area contributed by atoms with Gasteiger partial charge >= 0.3 is 224 Å². The monoisotopic (exact) mass is 749 g/mol. The van der Waals surface area contributed by atoms with E-state index in [4.69, 9.17) is 29.1 Å². The van der Waals surface area contributed by atoms with Crippen LogP contribution in [0.4, 0.5) is 0 Å². The van der Waals surface area contributed by atoms with Crippen molar-refractivity contribution < 1.29 is 16.3 Å². The van der Waals surface area contributed by atoms with Crippen molar-refractivity contribution >= 4 is 54.2 Å². The Morgan fingerprint density at radius 2 is 0.594 bits per heavy atom. The molecule has 207 valence electrons. The van der Waals surface area contributed by atoms with Gasteiger partial charge < -0.3 is 0 Å². The molecule has 0 aromatic rings. The fourth-order valence-electron chi connectivity index (χ4n) is 3.34. The summed E-state index contributed by atoms with van der Waals surface area (Å²) in [5, 5.41) is 0. The Kier molecular flexibility index (Phi) is 15.8. The first-order valence-electron chi connectivity index (χ1n) is 12.9. The number of halogens is 3. The molecular weight excluding hydrogens is 697 g/mol. The zero-order chi connectivity index (χ0) is 24.8. The van der Waals surface area contributed by atoms with Crippen molar-refractivity contribution in [1.82, 2.24) is 0 Å². The number of rotatable bonds is 18. The first-order chi connectivity index (χ1) is 14.9. The number of hydrogen-bond acceptors (Lipinski definition) is 0. The van der Waals surface area contributed by atoms with Crippen LogP contribution in [0.2, 0.25) is 0 Å². The van der Waals surface area contributed by atoms with Crippen molar-refractivity contribution in [2.45, 2.75) is 119 Å². The average molecular weight is 751 g/mol. The predicted octanol–water partition coefficient (Wildman–Crippen LogP) is 12.0. The van der Waals surface area contributed by atoms with Gasteiger partial charge in [-0.3, -0.25) is 0 Å². The molecule has 0 atom stereocenters. The summed E-state index contributed by atoms with van der Waals surface area (Å²) in [4.78, 5) is 0. The van der Waals surface area contributed by atoms with E-state index >= 15 is 0 Å². The maximum absolute atomic E-state index is 8.50. The third-order valence-electron chi connectivity index (χ3n) is 5.58.